The summed E-state index contributed by atoms with van der Waals surface area (Å²) < 4.78 is 54.0. The maximum Gasteiger partial charge on any atom is 0.257 e. The number of carbonyl (C=O) groups excluding carboxylic acids is 1. The van der Waals surface area contributed by atoms with Gasteiger partial charge in [0.05, 0.1) is 25.8 Å². The molecule has 1 amide bonds. The Morgan fingerprint density at radius 2 is 1.72 bits per heavy atom. The zero-order valence-electron chi connectivity index (χ0n) is 17.3. The number of rotatable bonds is 4. The van der Waals surface area contributed by atoms with Crippen LogP contribution in [0.15, 0.2) is 48.5 Å². The molecule has 0 saturated carbocycles. The van der Waals surface area contributed by atoms with Gasteiger partial charge in [-0.15, -0.1) is 0 Å². The Bertz CT molecular complexity index is 1180. The molecule has 0 bridgehead atoms. The van der Waals surface area contributed by atoms with Gasteiger partial charge in [0.1, 0.15) is 17.5 Å². The van der Waals surface area contributed by atoms with Gasteiger partial charge in [-0.3, -0.25) is 4.79 Å². The summed E-state index contributed by atoms with van der Waals surface area (Å²) in [6, 6.07) is 9.30. The second kappa shape index (κ2) is 8.74. The third-order valence-corrected chi connectivity index (χ3v) is 5.90. The van der Waals surface area contributed by atoms with Crippen molar-refractivity contribution in [3.63, 3.8) is 0 Å². The molecule has 166 valence electrons. The van der Waals surface area contributed by atoms with E-state index < -0.39 is 35.0 Å². The number of hydrogen-bond acceptors (Lipinski definition) is 3. The van der Waals surface area contributed by atoms with E-state index in [0.717, 1.165) is 23.8 Å². The minimum Gasteiger partial charge on any atom is -0.493 e. The maximum atomic E-state index is 15.0. The van der Waals surface area contributed by atoms with Crippen molar-refractivity contribution in [2.45, 2.75) is 12.5 Å². The fraction of sp³-hybridized carbons (Fsp3) is 0.208. The summed E-state index contributed by atoms with van der Waals surface area (Å²) in [5, 5.41) is 0.107. The minimum atomic E-state index is -0.984. The van der Waals surface area contributed by atoms with E-state index in [0.29, 0.717) is 23.5 Å². The van der Waals surface area contributed by atoms with Crippen molar-refractivity contribution in [3.05, 3.63) is 93.3 Å². The van der Waals surface area contributed by atoms with Crippen molar-refractivity contribution < 1.29 is 27.4 Å². The van der Waals surface area contributed by atoms with Crippen molar-refractivity contribution >= 4 is 17.5 Å². The Labute approximate surface area is 188 Å². The molecule has 0 N–H and O–H groups in total. The van der Waals surface area contributed by atoms with Gasteiger partial charge in [-0.25, -0.2) is 13.2 Å². The molecule has 0 saturated heterocycles. The van der Waals surface area contributed by atoms with E-state index in [4.69, 9.17) is 21.1 Å². The number of nitrogens with zero attached hydrogens (tertiary/aromatic N) is 1. The molecule has 8 heteroatoms. The van der Waals surface area contributed by atoms with Crippen LogP contribution in [0.3, 0.4) is 0 Å². The second-order valence-corrected chi connectivity index (χ2v) is 7.72. The van der Waals surface area contributed by atoms with Crippen molar-refractivity contribution in [3.8, 4) is 11.5 Å². The van der Waals surface area contributed by atoms with E-state index in [2.05, 4.69) is 0 Å². The Balaban J connectivity index is 1.93. The third kappa shape index (κ3) is 3.77. The smallest absolute Gasteiger partial charge is 0.257 e. The fourth-order valence-corrected chi connectivity index (χ4v) is 4.33. The molecule has 0 radical (unpaired) electrons. The molecule has 1 atom stereocenters. The second-order valence-electron chi connectivity index (χ2n) is 7.32. The SMILES string of the molecule is COc1cc2c(cc1OC)[C@H](c1c(F)cccc1Cl)N(C(=O)c1cc(F)ccc1F)CC2. The molecule has 1 aliphatic rings. The first-order chi connectivity index (χ1) is 15.3. The molecule has 1 heterocycles. The molecule has 4 nitrogen and oxygen atoms in total. The zero-order valence-corrected chi connectivity index (χ0v) is 18.1. The van der Waals surface area contributed by atoms with E-state index in [1.165, 1.54) is 37.3 Å². The van der Waals surface area contributed by atoms with Gasteiger partial charge in [-0.1, -0.05) is 17.7 Å². The zero-order chi connectivity index (χ0) is 23.0. The fourth-order valence-electron chi connectivity index (χ4n) is 4.06. The lowest BCUT2D eigenvalue weighted by Crippen LogP contribution is -2.41. The van der Waals surface area contributed by atoms with Gasteiger partial charge >= 0.3 is 0 Å². The molecule has 0 aliphatic carbocycles. The molecule has 3 aromatic carbocycles. The van der Waals surface area contributed by atoms with Crippen LogP contribution >= 0.6 is 11.6 Å². The van der Waals surface area contributed by atoms with Gasteiger partial charge in [0.2, 0.25) is 0 Å². The number of ether oxygens (including phenoxy) is 2. The van der Waals surface area contributed by atoms with E-state index in [1.807, 2.05) is 0 Å². The summed E-state index contributed by atoms with van der Waals surface area (Å²) in [4.78, 5) is 14.7. The monoisotopic (exact) mass is 461 g/mol. The maximum absolute atomic E-state index is 15.0. The topological polar surface area (TPSA) is 38.8 Å². The van der Waals surface area contributed by atoms with E-state index in [1.54, 1.807) is 12.1 Å². The first kappa shape index (κ1) is 22.0. The predicted molar refractivity (Wildman–Crippen MR) is 114 cm³/mol. The van der Waals surface area contributed by atoms with Gasteiger partial charge in [0.15, 0.2) is 11.5 Å². The molecule has 32 heavy (non-hydrogen) atoms. The Kier molecular flexibility index (Phi) is 6.02. The van der Waals surface area contributed by atoms with Gasteiger partial charge < -0.3 is 14.4 Å². The van der Waals surface area contributed by atoms with E-state index in [-0.39, 0.29) is 17.1 Å². The number of hydrogen-bond donors (Lipinski definition) is 0. The molecule has 3 aromatic rings. The lowest BCUT2D eigenvalue weighted by atomic mass is 9.86. The Morgan fingerprint density at radius 3 is 2.41 bits per heavy atom. The third-order valence-electron chi connectivity index (χ3n) is 5.57. The van der Waals surface area contributed by atoms with Crippen LogP contribution in [0, 0.1) is 17.5 Å². The largest absolute Gasteiger partial charge is 0.493 e. The average molecular weight is 462 g/mol. The number of fused-ring (bicyclic) bond motifs is 1. The summed E-state index contributed by atoms with van der Waals surface area (Å²) in [5.74, 6) is -2.14. The van der Waals surface area contributed by atoms with Gasteiger partial charge in [0, 0.05) is 17.1 Å². The van der Waals surface area contributed by atoms with Gasteiger partial charge in [0.25, 0.3) is 5.91 Å². The van der Waals surface area contributed by atoms with Crippen LogP contribution in [-0.2, 0) is 6.42 Å². The number of benzene rings is 3. The van der Waals surface area contributed by atoms with E-state index >= 15 is 4.39 Å². The highest BCUT2D eigenvalue weighted by molar-refractivity contribution is 6.31. The number of carbonyl (C=O) groups is 1. The van der Waals surface area contributed by atoms with Crippen LogP contribution in [0.4, 0.5) is 13.2 Å². The molecular weight excluding hydrogens is 443 g/mol. The molecule has 4 rings (SSSR count). The highest BCUT2D eigenvalue weighted by atomic mass is 35.5. The molecule has 0 unspecified atom stereocenters. The van der Waals surface area contributed by atoms with Crippen LogP contribution in [0.25, 0.3) is 0 Å². The lowest BCUT2D eigenvalue weighted by Gasteiger charge is -2.38. The molecule has 0 spiro atoms. The summed E-state index contributed by atoms with van der Waals surface area (Å²) >= 11 is 6.37. The summed E-state index contributed by atoms with van der Waals surface area (Å²) in [6.45, 7) is 0.132. The minimum absolute atomic E-state index is 0.0625. The molecule has 0 aromatic heterocycles. The lowest BCUT2D eigenvalue weighted by molar-refractivity contribution is 0.0686. The van der Waals surface area contributed by atoms with Crippen LogP contribution < -0.4 is 9.47 Å². The summed E-state index contributed by atoms with van der Waals surface area (Å²) in [7, 11) is 2.96. The van der Waals surface area contributed by atoms with Crippen LogP contribution in [0.1, 0.15) is 33.1 Å². The normalized spacial score (nSPS) is 15.3. The highest BCUT2D eigenvalue weighted by Crippen LogP contribution is 2.44. The van der Waals surface area contributed by atoms with Crippen molar-refractivity contribution in [2.24, 2.45) is 0 Å². The molecule has 1 aliphatic heterocycles. The Morgan fingerprint density at radius 1 is 1.00 bits per heavy atom. The Hall–Kier alpha value is -3.19. The standard InChI is InChI=1S/C24H19ClF3NO3/c1-31-20-10-13-8-9-29(24(30)16-11-14(26)6-7-18(16)27)23(15(13)12-21(20)32-2)22-17(25)4-3-5-19(22)28/h3-7,10-12,23H,8-9H2,1-2H3/t23-/m1/s1. The van der Waals surface area contributed by atoms with Gasteiger partial charge in [-0.05, 0) is 60.0 Å². The first-order valence-corrected chi connectivity index (χ1v) is 10.2. The van der Waals surface area contributed by atoms with Gasteiger partial charge in [-0.2, -0.15) is 0 Å². The average Bonchev–Trinajstić information content (AvgIpc) is 2.79. The quantitative estimate of drug-likeness (QED) is 0.510. The summed E-state index contributed by atoms with van der Waals surface area (Å²) in [6.07, 6.45) is 0.390. The highest BCUT2D eigenvalue weighted by Gasteiger charge is 2.37. The van der Waals surface area contributed by atoms with E-state index in [9.17, 15) is 13.6 Å². The van der Waals surface area contributed by atoms with Crippen molar-refractivity contribution in [1.29, 1.82) is 0 Å². The van der Waals surface area contributed by atoms with Crippen LogP contribution in [0.5, 0.6) is 11.5 Å². The number of methoxy groups -OCH3 is 2. The molecular formula is C24H19ClF3NO3. The van der Waals surface area contributed by atoms with Crippen LogP contribution in [-0.4, -0.2) is 31.6 Å². The number of halogens is 4. The van der Waals surface area contributed by atoms with Crippen molar-refractivity contribution in [1.82, 2.24) is 4.90 Å². The van der Waals surface area contributed by atoms with Crippen LogP contribution in [0.2, 0.25) is 5.02 Å². The van der Waals surface area contributed by atoms with Crippen molar-refractivity contribution in [2.75, 3.05) is 20.8 Å². The first-order valence-electron chi connectivity index (χ1n) is 9.80. The predicted octanol–water partition coefficient (Wildman–Crippen LogP) is 5.56. The molecule has 0 fully saturated rings. The number of amides is 1. The summed E-state index contributed by atoms with van der Waals surface area (Å²) in [5.41, 5.74) is 0.987.